The van der Waals surface area contributed by atoms with E-state index in [4.69, 9.17) is 0 Å². The Hall–Kier alpha value is -1.57. The largest absolute Gasteiger partial charge is 0.435 e. The van der Waals surface area contributed by atoms with Crippen LogP contribution >= 0.6 is 0 Å². The van der Waals surface area contributed by atoms with Crippen LogP contribution in [0.2, 0.25) is 0 Å². The van der Waals surface area contributed by atoms with Gasteiger partial charge in [0.25, 0.3) is 0 Å². The molecule has 0 aliphatic carbocycles. The maximum absolute atomic E-state index is 12.3. The molecule has 0 aliphatic rings. The van der Waals surface area contributed by atoms with Crippen molar-refractivity contribution in [3.05, 3.63) is 18.0 Å². The Bertz CT molecular complexity index is 452. The third-order valence-electron chi connectivity index (χ3n) is 2.74. The number of carbonyl (C=O) groups is 1. The Balaban J connectivity index is 2.66. The van der Waals surface area contributed by atoms with Crippen molar-refractivity contribution >= 4 is 5.91 Å². The Morgan fingerprint density at radius 1 is 1.53 bits per heavy atom. The van der Waals surface area contributed by atoms with Gasteiger partial charge in [0.05, 0.1) is 11.6 Å². The number of nitrogens with one attached hydrogen (secondary N) is 1. The van der Waals surface area contributed by atoms with Crippen molar-refractivity contribution in [2.24, 2.45) is 0 Å². The van der Waals surface area contributed by atoms with Gasteiger partial charge in [-0.05, 0) is 26.8 Å². The van der Waals surface area contributed by atoms with Gasteiger partial charge in [0, 0.05) is 6.20 Å². The first-order valence-electron chi connectivity index (χ1n) is 5.62. The van der Waals surface area contributed by atoms with Crippen molar-refractivity contribution in [2.75, 3.05) is 0 Å². The average Bonchev–Trinajstić information content (AvgIpc) is 2.63. The molecule has 0 saturated heterocycles. The number of halogens is 3. The molecule has 0 bridgehead atoms. The molecule has 1 amide bonds. The summed E-state index contributed by atoms with van der Waals surface area (Å²) in [6.45, 7) is 4.39. The third-order valence-corrected chi connectivity index (χ3v) is 2.74. The fourth-order valence-electron chi connectivity index (χ4n) is 1.25. The summed E-state index contributed by atoms with van der Waals surface area (Å²) in [5, 5.41) is 15.2. The van der Waals surface area contributed by atoms with Gasteiger partial charge in [-0.25, -0.2) is 0 Å². The first kappa shape index (κ1) is 15.5. The molecule has 8 heteroatoms. The molecule has 1 rings (SSSR count). The molecule has 5 nitrogen and oxygen atoms in total. The van der Waals surface area contributed by atoms with Gasteiger partial charge in [-0.15, -0.1) is 0 Å². The van der Waals surface area contributed by atoms with E-state index in [1.165, 1.54) is 6.92 Å². The molecule has 1 heterocycles. The zero-order chi connectivity index (χ0) is 14.8. The Morgan fingerprint density at radius 3 is 2.53 bits per heavy atom. The fourth-order valence-corrected chi connectivity index (χ4v) is 1.25. The SMILES string of the molecule is CC(O)C(C)(C)NC(=O)Cn1ccc(C(F)(F)F)n1. The molecule has 1 atom stereocenters. The van der Waals surface area contributed by atoms with Gasteiger partial charge < -0.3 is 10.4 Å². The van der Waals surface area contributed by atoms with Crippen molar-refractivity contribution in [1.82, 2.24) is 15.1 Å². The third kappa shape index (κ3) is 4.23. The zero-order valence-electron chi connectivity index (χ0n) is 10.8. The summed E-state index contributed by atoms with van der Waals surface area (Å²) in [6.07, 6.45) is -4.24. The van der Waals surface area contributed by atoms with E-state index in [0.717, 1.165) is 16.9 Å². The number of aromatic nitrogens is 2. The normalized spacial score (nSPS) is 14.3. The molecule has 1 aromatic rings. The summed E-state index contributed by atoms with van der Waals surface area (Å²) >= 11 is 0. The van der Waals surface area contributed by atoms with Crippen LogP contribution in [0.25, 0.3) is 0 Å². The Kier molecular flexibility index (Phi) is 4.24. The van der Waals surface area contributed by atoms with Gasteiger partial charge in [0.1, 0.15) is 6.54 Å². The smallest absolute Gasteiger partial charge is 0.391 e. The molecule has 0 aromatic carbocycles. The summed E-state index contributed by atoms with van der Waals surface area (Å²) in [5.41, 5.74) is -1.91. The predicted octanol–water partition coefficient (Wildman–Crippen LogP) is 1.18. The lowest BCUT2D eigenvalue weighted by atomic mass is 9.99. The Morgan fingerprint density at radius 2 is 2.11 bits per heavy atom. The first-order chi connectivity index (χ1) is 8.52. The molecule has 108 valence electrons. The molecule has 1 aromatic heterocycles. The van der Waals surface area contributed by atoms with E-state index in [0.29, 0.717) is 0 Å². The maximum atomic E-state index is 12.3. The topological polar surface area (TPSA) is 67.2 Å². The first-order valence-corrected chi connectivity index (χ1v) is 5.62. The lowest BCUT2D eigenvalue weighted by Crippen LogP contribution is -2.51. The summed E-state index contributed by atoms with van der Waals surface area (Å²) in [4.78, 5) is 11.6. The van der Waals surface area contributed by atoms with E-state index in [1.54, 1.807) is 13.8 Å². The highest BCUT2D eigenvalue weighted by Gasteiger charge is 2.33. The van der Waals surface area contributed by atoms with Crippen LogP contribution in [0.4, 0.5) is 13.2 Å². The van der Waals surface area contributed by atoms with E-state index in [2.05, 4.69) is 10.4 Å². The highest BCUT2D eigenvalue weighted by molar-refractivity contribution is 5.76. The highest BCUT2D eigenvalue weighted by Crippen LogP contribution is 2.27. The predicted molar refractivity (Wildman–Crippen MR) is 61.1 cm³/mol. The average molecular weight is 279 g/mol. The van der Waals surface area contributed by atoms with Crippen molar-refractivity contribution in [2.45, 2.75) is 45.1 Å². The number of rotatable bonds is 4. The van der Waals surface area contributed by atoms with Crippen LogP contribution in [0, 0.1) is 0 Å². The van der Waals surface area contributed by atoms with E-state index in [9.17, 15) is 23.1 Å². The number of hydrogen-bond acceptors (Lipinski definition) is 3. The minimum Gasteiger partial charge on any atom is -0.391 e. The van der Waals surface area contributed by atoms with Gasteiger partial charge in [-0.3, -0.25) is 9.48 Å². The van der Waals surface area contributed by atoms with Gasteiger partial charge in [0.15, 0.2) is 5.69 Å². The molecule has 0 spiro atoms. The molecule has 1 unspecified atom stereocenters. The van der Waals surface area contributed by atoms with Crippen LogP contribution in [0.3, 0.4) is 0 Å². The zero-order valence-corrected chi connectivity index (χ0v) is 10.8. The van der Waals surface area contributed by atoms with Crippen LogP contribution in [0.1, 0.15) is 26.5 Å². The second-order valence-electron chi connectivity index (χ2n) is 4.84. The molecule has 19 heavy (non-hydrogen) atoms. The summed E-state index contributed by atoms with van der Waals surface area (Å²) in [5.74, 6) is -0.525. The lowest BCUT2D eigenvalue weighted by molar-refractivity contribution is -0.141. The monoisotopic (exact) mass is 279 g/mol. The highest BCUT2D eigenvalue weighted by atomic mass is 19.4. The van der Waals surface area contributed by atoms with E-state index in [1.807, 2.05) is 0 Å². The van der Waals surface area contributed by atoms with Crippen molar-refractivity contribution in [3.8, 4) is 0 Å². The summed E-state index contributed by atoms with van der Waals surface area (Å²) < 4.78 is 37.8. The van der Waals surface area contributed by atoms with Crippen molar-refractivity contribution in [1.29, 1.82) is 0 Å². The number of amides is 1. The number of aliphatic hydroxyl groups excluding tert-OH is 1. The van der Waals surface area contributed by atoms with E-state index >= 15 is 0 Å². The minimum absolute atomic E-state index is 0.341. The fraction of sp³-hybridized carbons (Fsp3) is 0.636. The Labute approximate surface area is 108 Å². The number of hydrogen-bond donors (Lipinski definition) is 2. The number of aliphatic hydroxyl groups is 1. The van der Waals surface area contributed by atoms with Crippen LogP contribution in [-0.4, -0.2) is 32.4 Å². The molecule has 2 N–H and O–H groups in total. The van der Waals surface area contributed by atoms with Crippen LogP contribution in [-0.2, 0) is 17.5 Å². The quantitative estimate of drug-likeness (QED) is 0.869. The standard InChI is InChI=1S/C11H16F3N3O2/c1-7(18)10(2,3)15-9(19)6-17-5-4-8(16-17)11(12,13)14/h4-5,7,18H,6H2,1-3H3,(H,15,19). The van der Waals surface area contributed by atoms with Gasteiger partial charge >= 0.3 is 6.18 Å². The van der Waals surface area contributed by atoms with E-state index < -0.39 is 29.4 Å². The number of carbonyl (C=O) groups excluding carboxylic acids is 1. The second-order valence-corrected chi connectivity index (χ2v) is 4.84. The minimum atomic E-state index is -4.53. The molecule has 0 radical (unpaired) electrons. The molecule has 0 fully saturated rings. The number of alkyl halides is 3. The lowest BCUT2D eigenvalue weighted by Gasteiger charge is -2.29. The molecular weight excluding hydrogens is 263 g/mol. The molecule has 0 aliphatic heterocycles. The van der Waals surface area contributed by atoms with Crippen molar-refractivity contribution in [3.63, 3.8) is 0 Å². The second kappa shape index (κ2) is 5.20. The van der Waals surface area contributed by atoms with Crippen LogP contribution in [0.15, 0.2) is 12.3 Å². The molecular formula is C11H16F3N3O2. The van der Waals surface area contributed by atoms with E-state index in [-0.39, 0.29) is 6.54 Å². The molecule has 0 saturated carbocycles. The van der Waals surface area contributed by atoms with Crippen LogP contribution in [0.5, 0.6) is 0 Å². The van der Waals surface area contributed by atoms with Crippen LogP contribution < -0.4 is 5.32 Å². The maximum Gasteiger partial charge on any atom is 0.435 e. The van der Waals surface area contributed by atoms with Gasteiger partial charge in [-0.1, -0.05) is 0 Å². The van der Waals surface area contributed by atoms with Gasteiger partial charge in [-0.2, -0.15) is 18.3 Å². The summed E-state index contributed by atoms with van der Waals surface area (Å²) in [7, 11) is 0. The summed E-state index contributed by atoms with van der Waals surface area (Å²) in [6, 6.07) is 0.799. The van der Waals surface area contributed by atoms with Gasteiger partial charge in [0.2, 0.25) is 5.91 Å². The van der Waals surface area contributed by atoms with Crippen molar-refractivity contribution < 1.29 is 23.1 Å². The number of nitrogens with zero attached hydrogens (tertiary/aromatic N) is 2.